The van der Waals surface area contributed by atoms with E-state index in [1.165, 1.54) is 18.2 Å². The molecule has 0 amide bonds. The van der Waals surface area contributed by atoms with E-state index < -0.39 is 23.1 Å². The minimum atomic E-state index is -4.75. The molecule has 0 saturated carbocycles. The highest BCUT2D eigenvalue weighted by Crippen LogP contribution is 2.39. The molecule has 0 bridgehead atoms. The molecule has 0 aliphatic rings. The number of hydrogen-bond acceptors (Lipinski definition) is 3. The van der Waals surface area contributed by atoms with E-state index in [0.717, 1.165) is 30.0 Å². The lowest BCUT2D eigenvalue weighted by molar-refractivity contribution is -0.138. The number of pyridine rings is 1. The maximum absolute atomic E-state index is 13.6. The van der Waals surface area contributed by atoms with Gasteiger partial charge in [-0.05, 0) is 48.0 Å². The van der Waals surface area contributed by atoms with Gasteiger partial charge in [-0.3, -0.25) is 0 Å². The van der Waals surface area contributed by atoms with E-state index in [9.17, 15) is 22.8 Å². The lowest BCUT2D eigenvalue weighted by atomic mass is 10.1. The van der Waals surface area contributed by atoms with E-state index >= 15 is 0 Å². The third-order valence-electron chi connectivity index (χ3n) is 3.92. The Bertz CT molecular complexity index is 1090. The quantitative estimate of drug-likeness (QED) is 0.303. The number of halogens is 6. The summed E-state index contributed by atoms with van der Waals surface area (Å²) in [5.74, 6) is -0.340. The van der Waals surface area contributed by atoms with E-state index in [1.54, 1.807) is 18.2 Å². The highest BCUT2D eigenvalue weighted by Gasteiger charge is 2.36. The van der Waals surface area contributed by atoms with Crippen molar-refractivity contribution in [3.63, 3.8) is 0 Å². The molecule has 3 aromatic rings. The molecule has 0 N–H and O–H groups in total. The van der Waals surface area contributed by atoms with Gasteiger partial charge in [0, 0.05) is 21.4 Å². The number of alkyl halides is 3. The standard InChI is InChI=1S/C20H10Cl2F4N2S/c21-13-4-1-12(17(22)7-13)10-29-19-15(9-27)16(20(24,25)26)8-18(28-19)11-2-5-14(23)6-3-11/h1-8H,10H2. The Hall–Kier alpha value is -2.27. The predicted molar refractivity (Wildman–Crippen MR) is 105 cm³/mol. The van der Waals surface area contributed by atoms with Crippen LogP contribution in [0, 0.1) is 17.1 Å². The zero-order valence-corrected chi connectivity index (χ0v) is 16.7. The van der Waals surface area contributed by atoms with Crippen LogP contribution in [0.5, 0.6) is 0 Å². The number of nitriles is 1. The molecule has 0 unspecified atom stereocenters. The second kappa shape index (κ2) is 8.62. The van der Waals surface area contributed by atoms with Gasteiger partial charge in [-0.15, -0.1) is 11.8 Å². The molecule has 9 heteroatoms. The number of hydrogen-bond donors (Lipinski definition) is 0. The summed E-state index contributed by atoms with van der Waals surface area (Å²) in [6.45, 7) is 0. The van der Waals surface area contributed by atoms with E-state index in [1.807, 2.05) is 0 Å². The van der Waals surface area contributed by atoms with Crippen LogP contribution in [-0.4, -0.2) is 4.98 Å². The van der Waals surface area contributed by atoms with Gasteiger partial charge in [0.2, 0.25) is 0 Å². The van der Waals surface area contributed by atoms with E-state index in [0.29, 0.717) is 21.2 Å². The zero-order chi connectivity index (χ0) is 21.2. The van der Waals surface area contributed by atoms with Crippen LogP contribution in [0.1, 0.15) is 16.7 Å². The number of nitrogens with zero attached hydrogens (tertiary/aromatic N) is 2. The Kier molecular flexibility index (Phi) is 6.37. The second-order valence-electron chi connectivity index (χ2n) is 5.88. The molecular formula is C20H10Cl2F4N2S. The highest BCUT2D eigenvalue weighted by molar-refractivity contribution is 7.98. The fourth-order valence-electron chi connectivity index (χ4n) is 2.51. The van der Waals surface area contributed by atoms with E-state index in [4.69, 9.17) is 23.2 Å². The fraction of sp³-hybridized carbons (Fsp3) is 0.100. The molecule has 0 atom stereocenters. The van der Waals surface area contributed by atoms with Crippen molar-refractivity contribution in [1.82, 2.24) is 4.98 Å². The fourth-order valence-corrected chi connectivity index (χ4v) is 4.07. The Balaban J connectivity index is 2.07. The van der Waals surface area contributed by atoms with Gasteiger partial charge in [0.15, 0.2) is 0 Å². The molecule has 0 fully saturated rings. The minimum absolute atomic E-state index is 0.0129. The highest BCUT2D eigenvalue weighted by atomic mass is 35.5. The van der Waals surface area contributed by atoms with Crippen LogP contribution in [0.4, 0.5) is 17.6 Å². The van der Waals surface area contributed by atoms with Gasteiger partial charge >= 0.3 is 6.18 Å². The van der Waals surface area contributed by atoms with Crippen LogP contribution in [0.3, 0.4) is 0 Å². The zero-order valence-electron chi connectivity index (χ0n) is 14.4. The maximum atomic E-state index is 13.6. The van der Waals surface area contributed by atoms with Crippen molar-refractivity contribution in [2.75, 3.05) is 0 Å². The molecule has 2 aromatic carbocycles. The van der Waals surface area contributed by atoms with Gasteiger partial charge in [-0.2, -0.15) is 18.4 Å². The van der Waals surface area contributed by atoms with Crippen LogP contribution in [-0.2, 0) is 11.9 Å². The normalized spacial score (nSPS) is 11.3. The molecule has 148 valence electrons. The molecule has 3 rings (SSSR count). The summed E-state index contributed by atoms with van der Waals surface area (Å²) in [5, 5.41) is 10.0. The largest absolute Gasteiger partial charge is 0.417 e. The van der Waals surface area contributed by atoms with E-state index in [-0.39, 0.29) is 16.5 Å². The third-order valence-corrected chi connectivity index (χ3v) is 5.53. The summed E-state index contributed by atoms with van der Waals surface area (Å²) in [6.07, 6.45) is -4.75. The molecule has 0 aliphatic heterocycles. The van der Waals surface area contributed by atoms with Crippen LogP contribution < -0.4 is 0 Å². The maximum Gasteiger partial charge on any atom is 0.417 e. The lowest BCUT2D eigenvalue weighted by Gasteiger charge is -2.14. The van der Waals surface area contributed by atoms with Crippen molar-refractivity contribution >= 4 is 35.0 Å². The molecular weight excluding hydrogens is 447 g/mol. The van der Waals surface area contributed by atoms with Gasteiger partial charge in [0.25, 0.3) is 0 Å². The average Bonchev–Trinajstić information content (AvgIpc) is 2.66. The Labute approximate surface area is 178 Å². The smallest absolute Gasteiger partial charge is 0.240 e. The number of aromatic nitrogens is 1. The summed E-state index contributed by atoms with van der Waals surface area (Å²) in [5.41, 5.74) is -0.751. The van der Waals surface area contributed by atoms with Gasteiger partial charge in [-0.25, -0.2) is 9.37 Å². The van der Waals surface area contributed by atoms with Crippen LogP contribution in [0.15, 0.2) is 53.6 Å². The first-order valence-corrected chi connectivity index (χ1v) is 9.78. The monoisotopic (exact) mass is 456 g/mol. The summed E-state index contributed by atoms with van der Waals surface area (Å²) in [6, 6.07) is 12.1. The lowest BCUT2D eigenvalue weighted by Crippen LogP contribution is -2.10. The van der Waals surface area contributed by atoms with Crippen molar-refractivity contribution in [3.8, 4) is 17.3 Å². The van der Waals surface area contributed by atoms with Crippen molar-refractivity contribution in [2.45, 2.75) is 17.0 Å². The van der Waals surface area contributed by atoms with Gasteiger partial charge < -0.3 is 0 Å². The molecule has 1 aromatic heterocycles. The number of thioether (sulfide) groups is 1. The third kappa shape index (κ3) is 5.02. The summed E-state index contributed by atoms with van der Waals surface area (Å²) >= 11 is 12.9. The Morgan fingerprint density at radius 2 is 1.72 bits per heavy atom. The number of benzene rings is 2. The first kappa shape index (κ1) is 21.4. The van der Waals surface area contributed by atoms with Crippen LogP contribution in [0.25, 0.3) is 11.3 Å². The van der Waals surface area contributed by atoms with E-state index in [2.05, 4.69) is 4.98 Å². The first-order valence-electron chi connectivity index (χ1n) is 8.04. The minimum Gasteiger partial charge on any atom is -0.240 e. The van der Waals surface area contributed by atoms with Crippen molar-refractivity contribution in [1.29, 1.82) is 5.26 Å². The van der Waals surface area contributed by atoms with Crippen molar-refractivity contribution in [3.05, 3.63) is 81.1 Å². The molecule has 1 heterocycles. The Morgan fingerprint density at radius 1 is 1.03 bits per heavy atom. The first-order chi connectivity index (χ1) is 13.7. The van der Waals surface area contributed by atoms with Crippen LogP contribution >= 0.6 is 35.0 Å². The second-order valence-corrected chi connectivity index (χ2v) is 7.68. The van der Waals surface area contributed by atoms with Gasteiger partial charge in [0.1, 0.15) is 16.9 Å². The summed E-state index contributed by atoms with van der Waals surface area (Å²) < 4.78 is 53.9. The average molecular weight is 457 g/mol. The molecule has 0 spiro atoms. The van der Waals surface area contributed by atoms with Gasteiger partial charge in [-0.1, -0.05) is 29.3 Å². The summed E-state index contributed by atoms with van der Waals surface area (Å²) in [7, 11) is 0. The Morgan fingerprint density at radius 3 is 2.31 bits per heavy atom. The predicted octanol–water partition coefficient (Wildman–Crippen LogP) is 7.38. The molecule has 0 aliphatic carbocycles. The van der Waals surface area contributed by atoms with Crippen molar-refractivity contribution < 1.29 is 17.6 Å². The molecule has 2 nitrogen and oxygen atoms in total. The summed E-state index contributed by atoms with van der Waals surface area (Å²) in [4.78, 5) is 4.23. The topological polar surface area (TPSA) is 36.7 Å². The molecule has 0 radical (unpaired) electrons. The van der Waals surface area contributed by atoms with Gasteiger partial charge in [0.05, 0.1) is 16.8 Å². The van der Waals surface area contributed by atoms with Crippen LogP contribution in [0.2, 0.25) is 10.0 Å². The SMILES string of the molecule is N#Cc1c(C(F)(F)F)cc(-c2ccc(F)cc2)nc1SCc1ccc(Cl)cc1Cl. The van der Waals surface area contributed by atoms with Crippen molar-refractivity contribution in [2.24, 2.45) is 0 Å². The molecule has 29 heavy (non-hydrogen) atoms. The molecule has 0 saturated heterocycles. The number of rotatable bonds is 4.